The van der Waals surface area contributed by atoms with Gasteiger partial charge < -0.3 is 10.6 Å². The molecule has 0 unspecified atom stereocenters. The molecule has 7 heteroatoms. The van der Waals surface area contributed by atoms with E-state index in [1.807, 2.05) is 11.6 Å². The van der Waals surface area contributed by atoms with Crippen LogP contribution in [0.15, 0.2) is 36.7 Å². The molecule has 1 amide bonds. The maximum Gasteiger partial charge on any atom is 0.255 e. The number of nitrogens with zero attached hydrogens (tertiary/aromatic N) is 3. The van der Waals surface area contributed by atoms with Gasteiger partial charge in [0.2, 0.25) is 0 Å². The van der Waals surface area contributed by atoms with Gasteiger partial charge in [-0.2, -0.15) is 5.10 Å². The van der Waals surface area contributed by atoms with Crippen molar-refractivity contribution in [1.29, 1.82) is 0 Å². The summed E-state index contributed by atoms with van der Waals surface area (Å²) >= 11 is 0. The third kappa shape index (κ3) is 3.24. The first-order valence-corrected chi connectivity index (χ1v) is 8.79. The van der Waals surface area contributed by atoms with Gasteiger partial charge in [-0.3, -0.25) is 4.79 Å². The Labute approximate surface area is 150 Å². The molecule has 1 saturated carbocycles. The predicted molar refractivity (Wildman–Crippen MR) is 97.4 cm³/mol. The quantitative estimate of drug-likeness (QED) is 0.714. The molecule has 3 aromatic rings. The first-order valence-electron chi connectivity index (χ1n) is 8.79. The maximum atomic E-state index is 13.0. The van der Waals surface area contributed by atoms with Crippen molar-refractivity contribution in [3.05, 3.63) is 53.6 Å². The Bertz CT molecular complexity index is 946. The monoisotopic (exact) mass is 353 g/mol. The third-order valence-electron chi connectivity index (χ3n) is 4.50. The van der Waals surface area contributed by atoms with E-state index in [9.17, 15) is 9.18 Å². The summed E-state index contributed by atoms with van der Waals surface area (Å²) in [5, 5.41) is 11.5. The lowest BCUT2D eigenvalue weighted by Gasteiger charge is -2.13. The number of amides is 1. The molecule has 6 nitrogen and oxygen atoms in total. The number of benzene rings is 1. The Morgan fingerprint density at radius 3 is 2.73 bits per heavy atom. The second-order valence-corrected chi connectivity index (χ2v) is 6.47. The number of carbonyl (C=O) groups is 1. The molecule has 0 aliphatic heterocycles. The average Bonchev–Trinajstić information content (AvgIpc) is 3.37. The summed E-state index contributed by atoms with van der Waals surface area (Å²) in [6.45, 7) is 3.05. The van der Waals surface area contributed by atoms with E-state index in [-0.39, 0.29) is 11.7 Å². The van der Waals surface area contributed by atoms with Crippen molar-refractivity contribution in [2.45, 2.75) is 38.9 Å². The molecule has 2 heterocycles. The molecular weight excluding hydrogens is 333 g/mol. The molecule has 1 aromatic carbocycles. The summed E-state index contributed by atoms with van der Waals surface area (Å²) in [6, 6.07) is 6.48. The first kappa shape index (κ1) is 16.5. The topological polar surface area (TPSA) is 71.8 Å². The first-order chi connectivity index (χ1) is 12.7. The van der Waals surface area contributed by atoms with Gasteiger partial charge in [-0.15, -0.1) is 0 Å². The van der Waals surface area contributed by atoms with Crippen LogP contribution >= 0.6 is 0 Å². The van der Waals surface area contributed by atoms with Crippen LogP contribution in [0.25, 0.3) is 11.0 Å². The molecule has 1 aliphatic rings. The van der Waals surface area contributed by atoms with Gasteiger partial charge in [0.1, 0.15) is 5.82 Å². The van der Waals surface area contributed by atoms with E-state index < -0.39 is 0 Å². The number of hydrogen-bond acceptors (Lipinski definition) is 4. The maximum absolute atomic E-state index is 13.0. The molecule has 26 heavy (non-hydrogen) atoms. The number of aryl methyl sites for hydroxylation is 1. The second-order valence-electron chi connectivity index (χ2n) is 6.47. The largest absolute Gasteiger partial charge is 0.381 e. The fourth-order valence-electron chi connectivity index (χ4n) is 2.90. The molecule has 2 N–H and O–H groups in total. The van der Waals surface area contributed by atoms with Crippen molar-refractivity contribution < 1.29 is 9.18 Å². The van der Waals surface area contributed by atoms with Crippen molar-refractivity contribution in [3.8, 4) is 0 Å². The molecule has 0 atom stereocenters. The number of hydrogen-bond donors (Lipinski definition) is 2. The van der Waals surface area contributed by atoms with E-state index in [0.717, 1.165) is 41.7 Å². The number of nitrogens with one attached hydrogen (secondary N) is 2. The zero-order valence-electron chi connectivity index (χ0n) is 14.5. The Balaban J connectivity index is 1.61. The van der Waals surface area contributed by atoms with Gasteiger partial charge in [0, 0.05) is 25.3 Å². The summed E-state index contributed by atoms with van der Waals surface area (Å²) < 4.78 is 14.8. The summed E-state index contributed by atoms with van der Waals surface area (Å²) in [4.78, 5) is 17.2. The third-order valence-corrected chi connectivity index (χ3v) is 4.50. The Morgan fingerprint density at radius 1 is 1.27 bits per heavy atom. The Kier molecular flexibility index (Phi) is 4.28. The van der Waals surface area contributed by atoms with Gasteiger partial charge in [-0.25, -0.2) is 14.1 Å². The minimum atomic E-state index is -0.293. The van der Waals surface area contributed by atoms with Gasteiger partial charge >= 0.3 is 0 Å². The van der Waals surface area contributed by atoms with Crippen LogP contribution in [0.1, 0.15) is 35.7 Å². The summed E-state index contributed by atoms with van der Waals surface area (Å²) in [5.74, 6) is -0.505. The fourth-order valence-corrected chi connectivity index (χ4v) is 2.90. The van der Waals surface area contributed by atoms with E-state index >= 15 is 0 Å². The van der Waals surface area contributed by atoms with E-state index in [1.54, 1.807) is 24.5 Å². The molecule has 1 aliphatic carbocycles. The lowest BCUT2D eigenvalue weighted by molar-refractivity contribution is 0.0951. The standard InChI is InChI=1S/C19H20FN5O/c1-2-25-18-15(11-23-25)17(24-14-7-8-14)16(10-21-18)19(26)22-9-12-3-5-13(20)6-4-12/h3-6,10-11,14H,2,7-9H2,1H3,(H,21,24)(H,22,26). The Morgan fingerprint density at radius 2 is 2.04 bits per heavy atom. The van der Waals surface area contributed by atoms with Crippen LogP contribution in [0.5, 0.6) is 0 Å². The molecule has 0 spiro atoms. The molecule has 0 bridgehead atoms. The van der Waals surface area contributed by atoms with Gasteiger partial charge in [0.05, 0.1) is 22.8 Å². The minimum absolute atomic E-state index is 0.212. The molecule has 1 fully saturated rings. The van der Waals surface area contributed by atoms with Crippen molar-refractivity contribution in [1.82, 2.24) is 20.1 Å². The van der Waals surface area contributed by atoms with Crippen LogP contribution in [0.4, 0.5) is 10.1 Å². The highest BCUT2D eigenvalue weighted by atomic mass is 19.1. The lowest BCUT2D eigenvalue weighted by atomic mass is 10.1. The van der Waals surface area contributed by atoms with Crippen LogP contribution in [-0.4, -0.2) is 26.7 Å². The molecule has 0 radical (unpaired) electrons. The number of pyridine rings is 1. The highest BCUT2D eigenvalue weighted by molar-refractivity contribution is 6.06. The number of fused-ring (bicyclic) bond motifs is 1. The highest BCUT2D eigenvalue weighted by Gasteiger charge is 2.26. The zero-order valence-corrected chi connectivity index (χ0v) is 14.5. The number of anilines is 1. The van der Waals surface area contributed by atoms with Crippen LogP contribution in [0.3, 0.4) is 0 Å². The van der Waals surface area contributed by atoms with Gasteiger partial charge in [0.15, 0.2) is 5.65 Å². The van der Waals surface area contributed by atoms with Crippen LogP contribution in [0, 0.1) is 5.82 Å². The van der Waals surface area contributed by atoms with E-state index in [1.165, 1.54) is 12.1 Å². The zero-order chi connectivity index (χ0) is 18.1. The number of halogens is 1. The predicted octanol–water partition coefficient (Wildman–Crippen LogP) is 3.09. The van der Waals surface area contributed by atoms with Crippen molar-refractivity contribution in [2.24, 2.45) is 0 Å². The number of rotatable bonds is 6. The summed E-state index contributed by atoms with van der Waals surface area (Å²) in [6.07, 6.45) is 5.55. The minimum Gasteiger partial charge on any atom is -0.381 e. The van der Waals surface area contributed by atoms with Crippen molar-refractivity contribution in [3.63, 3.8) is 0 Å². The summed E-state index contributed by atoms with van der Waals surface area (Å²) in [7, 11) is 0. The van der Waals surface area contributed by atoms with Crippen molar-refractivity contribution >= 4 is 22.6 Å². The van der Waals surface area contributed by atoms with Crippen LogP contribution < -0.4 is 10.6 Å². The lowest BCUT2D eigenvalue weighted by Crippen LogP contribution is -2.24. The highest BCUT2D eigenvalue weighted by Crippen LogP contribution is 2.31. The molecule has 4 rings (SSSR count). The smallest absolute Gasteiger partial charge is 0.255 e. The molecular formula is C19H20FN5O. The summed E-state index contributed by atoms with van der Waals surface area (Å²) in [5.41, 5.74) is 2.89. The second kappa shape index (κ2) is 6.74. The van der Waals surface area contributed by atoms with E-state index in [0.29, 0.717) is 18.2 Å². The Hall–Kier alpha value is -2.96. The number of aromatic nitrogens is 3. The normalized spacial score (nSPS) is 13.8. The van der Waals surface area contributed by atoms with E-state index in [4.69, 9.17) is 0 Å². The van der Waals surface area contributed by atoms with Crippen molar-refractivity contribution in [2.75, 3.05) is 5.32 Å². The van der Waals surface area contributed by atoms with Gasteiger partial charge in [-0.1, -0.05) is 12.1 Å². The molecule has 0 saturated heterocycles. The number of carbonyl (C=O) groups excluding carboxylic acids is 1. The van der Waals surface area contributed by atoms with Crippen LogP contribution in [0.2, 0.25) is 0 Å². The van der Waals surface area contributed by atoms with E-state index in [2.05, 4.69) is 20.7 Å². The van der Waals surface area contributed by atoms with Gasteiger partial charge in [-0.05, 0) is 37.5 Å². The SMILES string of the molecule is CCn1ncc2c(NC3CC3)c(C(=O)NCc3ccc(F)cc3)cnc21. The molecule has 2 aromatic heterocycles. The van der Waals surface area contributed by atoms with Crippen LogP contribution in [-0.2, 0) is 13.1 Å². The average molecular weight is 353 g/mol. The molecule has 134 valence electrons. The fraction of sp³-hybridized carbons (Fsp3) is 0.316. The van der Waals surface area contributed by atoms with Gasteiger partial charge in [0.25, 0.3) is 5.91 Å².